The van der Waals surface area contributed by atoms with Crippen molar-refractivity contribution in [2.45, 2.75) is 6.04 Å². The summed E-state index contributed by atoms with van der Waals surface area (Å²) >= 11 is 3.71. The smallest absolute Gasteiger partial charge is 0.114 e. The van der Waals surface area contributed by atoms with Gasteiger partial charge < -0.3 is 9.47 Å². The van der Waals surface area contributed by atoms with Crippen LogP contribution < -0.4 is 4.90 Å². The summed E-state index contributed by atoms with van der Waals surface area (Å²) in [4.78, 5) is 2.41. The molecule has 4 heteroatoms. The van der Waals surface area contributed by atoms with E-state index in [0.717, 1.165) is 28.2 Å². The van der Waals surface area contributed by atoms with E-state index in [0.29, 0.717) is 0 Å². The number of thiophene rings is 2. The number of rotatable bonds is 5. The van der Waals surface area contributed by atoms with E-state index in [4.69, 9.17) is 0 Å². The van der Waals surface area contributed by atoms with Gasteiger partial charge in [-0.15, -0.1) is 22.7 Å². The summed E-state index contributed by atoms with van der Waals surface area (Å²) in [5.41, 5.74) is 8.07. The van der Waals surface area contributed by atoms with Gasteiger partial charge in [0.15, 0.2) is 0 Å². The van der Waals surface area contributed by atoms with Gasteiger partial charge in [0, 0.05) is 68.2 Å². The predicted molar refractivity (Wildman–Crippen MR) is 248 cm³/mol. The monoisotopic (exact) mass is 760 g/mol. The Hall–Kier alpha value is -6.90. The molecule has 1 aliphatic carbocycles. The maximum atomic E-state index is 3.63. The minimum absolute atomic E-state index is 0.177. The highest BCUT2D eigenvalue weighted by molar-refractivity contribution is 7.26. The summed E-state index contributed by atoms with van der Waals surface area (Å²) in [6, 6.07) is 61.9. The molecule has 0 spiro atoms. The van der Waals surface area contributed by atoms with Crippen LogP contribution in [0.2, 0.25) is 0 Å². The molecule has 1 atom stereocenters. The number of hydrogen-bond acceptors (Lipinski definition) is 3. The number of allylic oxidation sites excluding steroid dienone is 3. The van der Waals surface area contributed by atoms with Gasteiger partial charge in [0.05, 0.1) is 11.0 Å². The molecule has 11 aromatic rings. The molecule has 0 bridgehead atoms. The molecule has 0 saturated carbocycles. The second-order valence-electron chi connectivity index (χ2n) is 14.7. The minimum Gasteiger partial charge on any atom is -0.323 e. The molecule has 0 radical (unpaired) electrons. The van der Waals surface area contributed by atoms with Crippen molar-refractivity contribution in [1.29, 1.82) is 0 Å². The molecule has 3 heterocycles. The second kappa shape index (κ2) is 12.8. The van der Waals surface area contributed by atoms with Gasteiger partial charge >= 0.3 is 0 Å². The number of hydrogen-bond donors (Lipinski definition) is 0. The van der Waals surface area contributed by atoms with Crippen LogP contribution >= 0.6 is 22.7 Å². The van der Waals surface area contributed by atoms with Crippen molar-refractivity contribution in [3.8, 4) is 17.5 Å². The van der Waals surface area contributed by atoms with E-state index in [1.165, 1.54) is 72.9 Å². The summed E-state index contributed by atoms with van der Waals surface area (Å²) in [5.74, 6) is 7.11. The van der Waals surface area contributed by atoms with Crippen LogP contribution in [-0.2, 0) is 0 Å². The van der Waals surface area contributed by atoms with Crippen molar-refractivity contribution in [3.63, 3.8) is 0 Å². The third kappa shape index (κ3) is 5.17. The molecule has 0 aliphatic heterocycles. The molecular formula is C53H32N2S2. The lowest BCUT2D eigenvalue weighted by molar-refractivity contribution is 0.974. The number of para-hydroxylation sites is 1. The third-order valence-electron chi connectivity index (χ3n) is 11.5. The van der Waals surface area contributed by atoms with Gasteiger partial charge in [-0.1, -0.05) is 127 Å². The lowest BCUT2D eigenvalue weighted by atomic mass is 10.0. The Balaban J connectivity index is 0.928. The first-order chi connectivity index (χ1) is 28.2. The van der Waals surface area contributed by atoms with E-state index in [-0.39, 0.29) is 6.04 Å². The average Bonchev–Trinajstić information content (AvgIpc) is 3.87. The Kier molecular flexibility index (Phi) is 7.28. The Morgan fingerprint density at radius 2 is 1.09 bits per heavy atom. The third-order valence-corrected chi connectivity index (χ3v) is 13.8. The Morgan fingerprint density at radius 3 is 1.79 bits per heavy atom. The largest absolute Gasteiger partial charge is 0.323 e. The van der Waals surface area contributed by atoms with Crippen LogP contribution in [0, 0.1) is 11.8 Å². The van der Waals surface area contributed by atoms with E-state index in [9.17, 15) is 0 Å². The van der Waals surface area contributed by atoms with Crippen molar-refractivity contribution in [2.75, 3.05) is 4.90 Å². The summed E-state index contributed by atoms with van der Waals surface area (Å²) < 4.78 is 7.57. The topological polar surface area (TPSA) is 8.17 Å². The summed E-state index contributed by atoms with van der Waals surface area (Å²) in [7, 11) is 0. The molecule has 1 unspecified atom stereocenters. The van der Waals surface area contributed by atoms with Crippen LogP contribution in [0.15, 0.2) is 188 Å². The Labute approximate surface area is 337 Å². The van der Waals surface area contributed by atoms with Crippen LogP contribution in [0.25, 0.3) is 84.2 Å². The van der Waals surface area contributed by atoms with Gasteiger partial charge in [-0.3, -0.25) is 0 Å². The Morgan fingerprint density at radius 1 is 0.491 bits per heavy atom. The minimum atomic E-state index is -0.177. The van der Waals surface area contributed by atoms with E-state index < -0.39 is 0 Å². The first-order valence-corrected chi connectivity index (χ1v) is 20.9. The van der Waals surface area contributed by atoms with Gasteiger partial charge in [0.25, 0.3) is 0 Å². The second-order valence-corrected chi connectivity index (χ2v) is 16.9. The van der Waals surface area contributed by atoms with Crippen molar-refractivity contribution in [1.82, 2.24) is 4.57 Å². The summed E-state index contributed by atoms with van der Waals surface area (Å²) in [5, 5.41) is 10.3. The number of nitrogens with zero attached hydrogens (tertiary/aromatic N) is 2. The van der Waals surface area contributed by atoms with Crippen LogP contribution in [0.3, 0.4) is 0 Å². The lowest BCUT2D eigenvalue weighted by Gasteiger charge is -2.29. The SMILES string of the molecule is C1#CC(N(c2ccc3c(c2)sc2ccccc23)c2ccc3c(c2)sc2ccccc23)C=CC(c2ccc(-n3c4ccccc4c4c5ccccc5ccc43)cc2)=C1. The first kappa shape index (κ1) is 32.4. The van der Waals surface area contributed by atoms with Gasteiger partial charge in [-0.05, 0) is 94.7 Å². The maximum Gasteiger partial charge on any atom is 0.114 e. The van der Waals surface area contributed by atoms with E-state index in [1.54, 1.807) is 0 Å². The summed E-state index contributed by atoms with van der Waals surface area (Å²) in [6.07, 6.45) is 6.57. The first-order valence-electron chi connectivity index (χ1n) is 19.3. The zero-order valence-electron chi connectivity index (χ0n) is 30.7. The van der Waals surface area contributed by atoms with Crippen molar-refractivity contribution < 1.29 is 0 Å². The molecule has 12 rings (SSSR count). The average molecular weight is 761 g/mol. The van der Waals surface area contributed by atoms with E-state index in [1.807, 2.05) is 22.7 Å². The van der Waals surface area contributed by atoms with Crippen LogP contribution in [0.4, 0.5) is 11.4 Å². The highest BCUT2D eigenvalue weighted by atomic mass is 32.1. The Bertz CT molecular complexity index is 3430. The number of benzene rings is 8. The van der Waals surface area contributed by atoms with Crippen molar-refractivity contribution >= 4 is 113 Å². The van der Waals surface area contributed by atoms with Gasteiger partial charge in [-0.2, -0.15) is 0 Å². The number of anilines is 2. The predicted octanol–water partition coefficient (Wildman–Crippen LogP) is 14.8. The molecule has 0 amide bonds. The maximum absolute atomic E-state index is 3.63. The van der Waals surface area contributed by atoms with E-state index >= 15 is 0 Å². The molecular weight excluding hydrogens is 729 g/mol. The fourth-order valence-electron chi connectivity index (χ4n) is 8.85. The fourth-order valence-corrected chi connectivity index (χ4v) is 11.1. The van der Waals surface area contributed by atoms with Crippen molar-refractivity contribution in [2.24, 2.45) is 0 Å². The van der Waals surface area contributed by atoms with E-state index in [2.05, 4.69) is 209 Å². The molecule has 0 N–H and O–H groups in total. The van der Waals surface area contributed by atoms with Crippen LogP contribution in [-0.4, -0.2) is 10.6 Å². The molecule has 2 nitrogen and oxygen atoms in total. The quantitative estimate of drug-likeness (QED) is 0.159. The van der Waals surface area contributed by atoms with Crippen LogP contribution in [0.5, 0.6) is 0 Å². The van der Waals surface area contributed by atoms with Crippen LogP contribution in [0.1, 0.15) is 5.56 Å². The highest BCUT2D eigenvalue weighted by Crippen LogP contribution is 2.42. The zero-order valence-corrected chi connectivity index (χ0v) is 32.3. The molecule has 0 saturated heterocycles. The summed E-state index contributed by atoms with van der Waals surface area (Å²) in [6.45, 7) is 0. The number of fused-ring (bicyclic) bond motifs is 11. The normalized spacial score (nSPS) is 14.2. The number of aromatic nitrogens is 1. The molecule has 1 aliphatic rings. The molecule has 266 valence electrons. The van der Waals surface area contributed by atoms with Gasteiger partial charge in [0.1, 0.15) is 6.04 Å². The molecule has 8 aromatic carbocycles. The zero-order chi connectivity index (χ0) is 37.5. The van der Waals surface area contributed by atoms with Crippen molar-refractivity contribution in [3.05, 3.63) is 194 Å². The molecule has 0 fully saturated rings. The fraction of sp³-hybridized carbons (Fsp3) is 0.0189. The standard InChI is InChI=1S/C53H32N2S2/c1-2-13-41-36(10-1)23-31-48-53(41)46-16-3-6-17-47(46)55(48)38-25-21-35(22-26-38)34-11-9-12-37(24-20-34)54(39-27-29-44-42-14-4-7-18-49(42)56-51(44)32-39)40-28-30-45-43-15-5-8-19-50(43)57-52(45)33-40/h1-8,10-11,13-33,37H. The lowest BCUT2D eigenvalue weighted by Crippen LogP contribution is -2.28. The van der Waals surface area contributed by atoms with Gasteiger partial charge in [-0.25, -0.2) is 0 Å². The molecule has 3 aromatic heterocycles. The van der Waals surface area contributed by atoms with Gasteiger partial charge in [0.2, 0.25) is 0 Å². The highest BCUT2D eigenvalue weighted by Gasteiger charge is 2.21. The molecule has 57 heavy (non-hydrogen) atoms.